The van der Waals surface area contributed by atoms with Crippen molar-refractivity contribution in [1.29, 1.82) is 0 Å². The molecule has 0 aliphatic heterocycles. The summed E-state index contributed by atoms with van der Waals surface area (Å²) in [6.07, 6.45) is 6.54. The lowest BCUT2D eigenvalue weighted by Gasteiger charge is -2.08. The van der Waals surface area contributed by atoms with Crippen LogP contribution in [0.4, 0.5) is 0 Å². The molecule has 0 spiro atoms. The molecule has 0 heterocycles. The van der Waals surface area contributed by atoms with E-state index >= 15 is 0 Å². The smallest absolute Gasteiger partial charge is 0.151 e. The first-order chi connectivity index (χ1) is 6.72. The van der Waals surface area contributed by atoms with Gasteiger partial charge in [-0.05, 0) is 25.7 Å². The average Bonchev–Trinajstić information content (AvgIpc) is 2.18. The highest BCUT2D eigenvalue weighted by atomic mass is 16.1. The topological polar surface area (TPSA) is 68.5 Å². The maximum atomic E-state index is 11.4. The van der Waals surface area contributed by atoms with E-state index in [0.717, 1.165) is 45.1 Å². The summed E-state index contributed by atoms with van der Waals surface area (Å²) in [7, 11) is 0. The number of unbranched alkanes of at least 4 members (excludes halogenated alkanes) is 3. The molecule has 1 atom stereocenters. The SMILES string of the molecule is CCCCCC(=O)C([NH])CCCC[NH3+]. The summed E-state index contributed by atoms with van der Waals surface area (Å²) in [5.74, 6) is 0.127. The Hall–Kier alpha value is -0.410. The van der Waals surface area contributed by atoms with Crippen LogP contribution in [0.2, 0.25) is 0 Å². The first kappa shape index (κ1) is 13.6. The average molecular weight is 200 g/mol. The lowest BCUT2D eigenvalue weighted by Crippen LogP contribution is -2.50. The van der Waals surface area contributed by atoms with Gasteiger partial charge in [0.15, 0.2) is 5.78 Å². The van der Waals surface area contributed by atoms with Crippen molar-refractivity contribution in [1.82, 2.24) is 5.73 Å². The molecule has 0 aromatic heterocycles. The third-order valence-electron chi connectivity index (χ3n) is 2.41. The van der Waals surface area contributed by atoms with Crippen molar-refractivity contribution in [2.24, 2.45) is 0 Å². The molecule has 1 radical (unpaired) electrons. The summed E-state index contributed by atoms with van der Waals surface area (Å²) in [5.41, 5.74) is 11.4. The molecular formula is C11H24N2O+. The number of ketones is 1. The second-order valence-electron chi connectivity index (χ2n) is 3.83. The van der Waals surface area contributed by atoms with Crippen molar-refractivity contribution in [3.8, 4) is 0 Å². The minimum Gasteiger partial charge on any atom is -0.358 e. The molecule has 83 valence electrons. The molecule has 0 aromatic carbocycles. The van der Waals surface area contributed by atoms with Gasteiger partial charge in [0.2, 0.25) is 0 Å². The van der Waals surface area contributed by atoms with Crippen LogP contribution < -0.4 is 11.5 Å². The molecule has 0 aliphatic carbocycles. The predicted molar refractivity (Wildman–Crippen MR) is 57.6 cm³/mol. The van der Waals surface area contributed by atoms with Gasteiger partial charge < -0.3 is 5.73 Å². The Labute approximate surface area is 87.2 Å². The van der Waals surface area contributed by atoms with Gasteiger partial charge in [-0.3, -0.25) is 4.79 Å². The molecule has 0 rings (SSSR count). The fourth-order valence-electron chi connectivity index (χ4n) is 1.41. The maximum Gasteiger partial charge on any atom is 0.151 e. The Morgan fingerprint density at radius 2 is 2.00 bits per heavy atom. The third-order valence-corrected chi connectivity index (χ3v) is 2.41. The Morgan fingerprint density at radius 1 is 1.29 bits per heavy atom. The number of carbonyl (C=O) groups is 1. The molecule has 0 saturated carbocycles. The number of Topliss-reactive ketones (excluding diaryl/α,β-unsaturated/α-hetero) is 1. The van der Waals surface area contributed by atoms with Crippen LogP contribution in [0, 0.1) is 0 Å². The van der Waals surface area contributed by atoms with E-state index in [1.165, 1.54) is 0 Å². The molecule has 3 heteroatoms. The summed E-state index contributed by atoms with van der Waals surface area (Å²) in [4.78, 5) is 11.4. The van der Waals surface area contributed by atoms with Crippen molar-refractivity contribution < 1.29 is 10.5 Å². The lowest BCUT2D eigenvalue weighted by molar-refractivity contribution is -0.368. The van der Waals surface area contributed by atoms with Crippen molar-refractivity contribution >= 4 is 5.78 Å². The van der Waals surface area contributed by atoms with Crippen molar-refractivity contribution in [2.75, 3.05) is 6.54 Å². The summed E-state index contributed by atoms with van der Waals surface area (Å²) in [6.45, 7) is 3.04. The molecule has 0 aromatic rings. The largest absolute Gasteiger partial charge is 0.358 e. The Morgan fingerprint density at radius 3 is 2.57 bits per heavy atom. The molecule has 0 amide bonds. The van der Waals surface area contributed by atoms with Gasteiger partial charge in [0.25, 0.3) is 0 Å². The highest BCUT2D eigenvalue weighted by molar-refractivity contribution is 5.83. The van der Waals surface area contributed by atoms with Gasteiger partial charge >= 0.3 is 0 Å². The lowest BCUT2D eigenvalue weighted by atomic mass is 10.0. The van der Waals surface area contributed by atoms with E-state index in [4.69, 9.17) is 5.73 Å². The standard InChI is InChI=1S/C11H23N2O/c1-2-3-4-8-11(14)10(13)7-5-6-9-12/h10,13H,2-9,12H2,1H3/p+1. The van der Waals surface area contributed by atoms with Gasteiger partial charge in [-0.2, -0.15) is 0 Å². The summed E-state index contributed by atoms with van der Waals surface area (Å²) >= 11 is 0. The van der Waals surface area contributed by atoms with E-state index in [1.54, 1.807) is 0 Å². The van der Waals surface area contributed by atoms with Crippen LogP contribution in [-0.2, 0) is 4.79 Å². The molecule has 1 unspecified atom stereocenters. The second kappa shape index (κ2) is 9.16. The Balaban J connectivity index is 3.44. The van der Waals surface area contributed by atoms with Gasteiger partial charge in [-0.15, -0.1) is 0 Å². The molecule has 0 fully saturated rings. The molecule has 4 N–H and O–H groups in total. The van der Waals surface area contributed by atoms with Crippen LogP contribution in [0.3, 0.4) is 0 Å². The van der Waals surface area contributed by atoms with Gasteiger partial charge in [0.05, 0.1) is 12.6 Å². The zero-order valence-corrected chi connectivity index (χ0v) is 9.35. The number of hydrogen-bond donors (Lipinski definition) is 1. The van der Waals surface area contributed by atoms with Crippen LogP contribution in [0.5, 0.6) is 0 Å². The third kappa shape index (κ3) is 7.04. The Kier molecular flexibility index (Phi) is 8.89. The van der Waals surface area contributed by atoms with Crippen molar-refractivity contribution in [3.05, 3.63) is 0 Å². The molecular weight excluding hydrogens is 176 g/mol. The van der Waals surface area contributed by atoms with Crippen LogP contribution in [-0.4, -0.2) is 18.4 Å². The zero-order chi connectivity index (χ0) is 10.8. The molecule has 0 aliphatic rings. The monoisotopic (exact) mass is 200 g/mol. The quantitative estimate of drug-likeness (QED) is 0.558. The van der Waals surface area contributed by atoms with Crippen LogP contribution in [0.25, 0.3) is 0 Å². The highest BCUT2D eigenvalue weighted by Gasteiger charge is 2.12. The van der Waals surface area contributed by atoms with E-state index < -0.39 is 6.04 Å². The van der Waals surface area contributed by atoms with E-state index in [-0.39, 0.29) is 5.78 Å². The molecule has 0 bridgehead atoms. The fourth-order valence-corrected chi connectivity index (χ4v) is 1.41. The number of quaternary nitrogens is 1. The number of rotatable bonds is 9. The van der Waals surface area contributed by atoms with Crippen LogP contribution in [0.15, 0.2) is 0 Å². The molecule has 3 nitrogen and oxygen atoms in total. The van der Waals surface area contributed by atoms with Gasteiger partial charge in [-0.1, -0.05) is 19.8 Å². The van der Waals surface area contributed by atoms with Crippen molar-refractivity contribution in [3.63, 3.8) is 0 Å². The van der Waals surface area contributed by atoms with Gasteiger partial charge in [-0.25, -0.2) is 5.73 Å². The highest BCUT2D eigenvalue weighted by Crippen LogP contribution is 2.06. The number of carbonyl (C=O) groups excluding carboxylic acids is 1. The number of nitrogens with one attached hydrogen (secondary N) is 1. The first-order valence-electron chi connectivity index (χ1n) is 5.75. The van der Waals surface area contributed by atoms with E-state index in [9.17, 15) is 4.79 Å². The normalized spacial score (nSPS) is 12.8. The zero-order valence-electron chi connectivity index (χ0n) is 9.35. The van der Waals surface area contributed by atoms with Gasteiger partial charge in [0, 0.05) is 6.42 Å². The summed E-state index contributed by atoms with van der Waals surface area (Å²) in [5, 5.41) is 0. The fraction of sp³-hybridized carbons (Fsp3) is 0.909. The van der Waals surface area contributed by atoms with Crippen LogP contribution >= 0.6 is 0 Å². The Bertz CT molecular complexity index is 148. The van der Waals surface area contributed by atoms with Crippen molar-refractivity contribution in [2.45, 2.75) is 57.9 Å². The second-order valence-corrected chi connectivity index (χ2v) is 3.83. The summed E-state index contributed by atoms with van der Waals surface area (Å²) in [6, 6.07) is -0.474. The van der Waals surface area contributed by atoms with E-state index in [0.29, 0.717) is 6.42 Å². The van der Waals surface area contributed by atoms with E-state index in [1.807, 2.05) is 0 Å². The molecule has 0 saturated heterocycles. The number of hydrogen-bond acceptors (Lipinski definition) is 1. The van der Waals surface area contributed by atoms with Crippen LogP contribution in [0.1, 0.15) is 51.9 Å². The van der Waals surface area contributed by atoms with Gasteiger partial charge in [0.1, 0.15) is 0 Å². The maximum absolute atomic E-state index is 11.4. The van der Waals surface area contributed by atoms with E-state index in [2.05, 4.69) is 12.7 Å². The first-order valence-corrected chi connectivity index (χ1v) is 5.75. The predicted octanol–water partition coefficient (Wildman–Crippen LogP) is 1.20. The minimum absolute atomic E-state index is 0.127. The molecule has 14 heavy (non-hydrogen) atoms. The summed E-state index contributed by atoms with van der Waals surface area (Å²) < 4.78 is 0. The minimum atomic E-state index is -0.474.